The molecule has 0 aromatic heterocycles. The number of benzene rings is 2. The zero-order valence-electron chi connectivity index (χ0n) is 15.0. The van der Waals surface area contributed by atoms with Crippen LogP contribution in [0.2, 0.25) is 0 Å². The smallest absolute Gasteiger partial charge is 0.251 e. The largest absolute Gasteiger partial charge is 0.349 e. The quantitative estimate of drug-likeness (QED) is 0.861. The summed E-state index contributed by atoms with van der Waals surface area (Å²) >= 11 is 0. The van der Waals surface area contributed by atoms with Gasteiger partial charge in [-0.2, -0.15) is 0 Å². The molecule has 0 bridgehead atoms. The molecule has 2 aromatic rings. The number of piperidine rings is 1. The number of nitrogens with zero attached hydrogens (tertiary/aromatic N) is 1. The third kappa shape index (κ3) is 4.82. The molecular formula is C22H24N2O2. The van der Waals surface area contributed by atoms with E-state index in [1.165, 1.54) is 5.56 Å². The van der Waals surface area contributed by atoms with E-state index >= 15 is 0 Å². The number of aryl methyl sites for hydroxylation is 1. The monoisotopic (exact) mass is 348 g/mol. The van der Waals surface area contributed by atoms with Crippen LogP contribution in [0.15, 0.2) is 60.7 Å². The minimum Gasteiger partial charge on any atom is -0.349 e. The van der Waals surface area contributed by atoms with Gasteiger partial charge >= 0.3 is 0 Å². The fourth-order valence-electron chi connectivity index (χ4n) is 3.05. The summed E-state index contributed by atoms with van der Waals surface area (Å²) in [7, 11) is 0. The van der Waals surface area contributed by atoms with Crippen LogP contribution < -0.4 is 5.32 Å². The Labute approximate surface area is 154 Å². The van der Waals surface area contributed by atoms with Gasteiger partial charge in [-0.1, -0.05) is 48.0 Å². The molecule has 1 saturated heterocycles. The Morgan fingerprint density at radius 1 is 1.00 bits per heavy atom. The van der Waals surface area contributed by atoms with Gasteiger partial charge < -0.3 is 10.2 Å². The first-order chi connectivity index (χ1) is 12.6. The van der Waals surface area contributed by atoms with Crippen molar-refractivity contribution in [3.05, 3.63) is 77.4 Å². The Balaban J connectivity index is 1.48. The van der Waals surface area contributed by atoms with Crippen LogP contribution in [0.25, 0.3) is 6.08 Å². The summed E-state index contributed by atoms with van der Waals surface area (Å²) in [6.07, 6.45) is 5.05. The van der Waals surface area contributed by atoms with Crippen molar-refractivity contribution in [1.29, 1.82) is 0 Å². The van der Waals surface area contributed by atoms with Crippen LogP contribution in [0.1, 0.15) is 34.3 Å². The second-order valence-electron chi connectivity index (χ2n) is 6.68. The Bertz CT molecular complexity index is 774. The number of carbonyl (C=O) groups excluding carboxylic acids is 2. The second-order valence-corrected chi connectivity index (χ2v) is 6.68. The fourth-order valence-corrected chi connectivity index (χ4v) is 3.05. The van der Waals surface area contributed by atoms with E-state index in [1.54, 1.807) is 6.08 Å². The van der Waals surface area contributed by atoms with Crippen molar-refractivity contribution in [2.24, 2.45) is 0 Å². The molecule has 2 amide bonds. The molecule has 0 unspecified atom stereocenters. The highest BCUT2D eigenvalue weighted by atomic mass is 16.2. The number of carbonyl (C=O) groups is 2. The van der Waals surface area contributed by atoms with E-state index in [2.05, 4.69) is 5.32 Å². The van der Waals surface area contributed by atoms with E-state index in [0.717, 1.165) is 18.4 Å². The molecule has 0 spiro atoms. The number of hydrogen-bond acceptors (Lipinski definition) is 2. The van der Waals surface area contributed by atoms with E-state index in [4.69, 9.17) is 0 Å². The van der Waals surface area contributed by atoms with Gasteiger partial charge in [0.15, 0.2) is 0 Å². The Hall–Kier alpha value is -2.88. The number of nitrogens with one attached hydrogen (secondary N) is 1. The van der Waals surface area contributed by atoms with Gasteiger partial charge in [-0.15, -0.1) is 0 Å². The summed E-state index contributed by atoms with van der Waals surface area (Å²) in [4.78, 5) is 26.4. The third-order valence-electron chi connectivity index (χ3n) is 4.67. The molecule has 2 aromatic carbocycles. The molecular weight excluding hydrogens is 324 g/mol. The van der Waals surface area contributed by atoms with E-state index in [0.29, 0.717) is 18.7 Å². The molecule has 1 N–H and O–H groups in total. The van der Waals surface area contributed by atoms with Crippen molar-refractivity contribution in [2.45, 2.75) is 25.8 Å². The van der Waals surface area contributed by atoms with E-state index < -0.39 is 0 Å². The van der Waals surface area contributed by atoms with Gasteiger partial charge in [-0.3, -0.25) is 9.59 Å². The SMILES string of the molecule is Cc1ccc(C=CC(=O)N2CCC(NC(=O)c3ccccc3)CC2)cc1. The topological polar surface area (TPSA) is 49.4 Å². The molecule has 0 saturated carbocycles. The number of hydrogen-bond donors (Lipinski definition) is 1. The average molecular weight is 348 g/mol. The lowest BCUT2D eigenvalue weighted by atomic mass is 10.0. The zero-order chi connectivity index (χ0) is 18.4. The van der Waals surface area contributed by atoms with Crippen molar-refractivity contribution in [3.63, 3.8) is 0 Å². The molecule has 1 aliphatic rings. The van der Waals surface area contributed by atoms with Gasteiger partial charge in [0, 0.05) is 30.8 Å². The van der Waals surface area contributed by atoms with Crippen LogP contribution in [0.3, 0.4) is 0 Å². The molecule has 4 heteroatoms. The van der Waals surface area contributed by atoms with Crippen molar-refractivity contribution in [1.82, 2.24) is 10.2 Å². The molecule has 0 aliphatic carbocycles. The highest BCUT2D eigenvalue weighted by molar-refractivity contribution is 5.94. The second kappa shape index (κ2) is 8.48. The highest BCUT2D eigenvalue weighted by Crippen LogP contribution is 2.13. The van der Waals surface area contributed by atoms with E-state index in [9.17, 15) is 9.59 Å². The third-order valence-corrected chi connectivity index (χ3v) is 4.67. The molecule has 1 heterocycles. The minimum atomic E-state index is -0.0466. The van der Waals surface area contributed by atoms with Crippen LogP contribution in [0, 0.1) is 6.92 Å². The van der Waals surface area contributed by atoms with Crippen LogP contribution in [0.5, 0.6) is 0 Å². The number of rotatable bonds is 4. The van der Waals surface area contributed by atoms with Gasteiger partial charge in [-0.25, -0.2) is 0 Å². The van der Waals surface area contributed by atoms with Crippen LogP contribution in [-0.4, -0.2) is 35.8 Å². The maximum atomic E-state index is 12.3. The van der Waals surface area contributed by atoms with Gasteiger partial charge in [-0.05, 0) is 43.5 Å². The lowest BCUT2D eigenvalue weighted by molar-refractivity contribution is -0.126. The molecule has 4 nitrogen and oxygen atoms in total. The average Bonchev–Trinajstić information content (AvgIpc) is 2.68. The van der Waals surface area contributed by atoms with Crippen molar-refractivity contribution in [2.75, 3.05) is 13.1 Å². The maximum absolute atomic E-state index is 12.3. The molecule has 1 fully saturated rings. The van der Waals surface area contributed by atoms with E-state index in [1.807, 2.05) is 72.5 Å². The zero-order valence-corrected chi connectivity index (χ0v) is 15.0. The van der Waals surface area contributed by atoms with Crippen molar-refractivity contribution < 1.29 is 9.59 Å². The molecule has 1 aliphatic heterocycles. The molecule has 0 atom stereocenters. The normalized spacial score (nSPS) is 15.2. The lowest BCUT2D eigenvalue weighted by Gasteiger charge is -2.31. The first kappa shape index (κ1) is 17.9. The van der Waals surface area contributed by atoms with Gasteiger partial charge in [0.1, 0.15) is 0 Å². The highest BCUT2D eigenvalue weighted by Gasteiger charge is 2.23. The Morgan fingerprint density at radius 2 is 1.65 bits per heavy atom. The fraction of sp³-hybridized carbons (Fsp3) is 0.273. The summed E-state index contributed by atoms with van der Waals surface area (Å²) in [5.74, 6) is -0.0203. The van der Waals surface area contributed by atoms with Gasteiger partial charge in [0.2, 0.25) is 5.91 Å². The van der Waals surface area contributed by atoms with Crippen LogP contribution >= 0.6 is 0 Å². The first-order valence-electron chi connectivity index (χ1n) is 9.01. The summed E-state index contributed by atoms with van der Waals surface area (Å²) in [5.41, 5.74) is 2.90. The van der Waals surface area contributed by atoms with Crippen molar-refractivity contribution >= 4 is 17.9 Å². The number of likely N-dealkylation sites (tertiary alicyclic amines) is 1. The lowest BCUT2D eigenvalue weighted by Crippen LogP contribution is -2.46. The van der Waals surface area contributed by atoms with Gasteiger partial charge in [0.05, 0.1) is 0 Å². The van der Waals surface area contributed by atoms with Crippen LogP contribution in [0.4, 0.5) is 0 Å². The molecule has 26 heavy (non-hydrogen) atoms. The molecule has 0 radical (unpaired) electrons. The molecule has 3 rings (SSSR count). The van der Waals surface area contributed by atoms with Crippen molar-refractivity contribution in [3.8, 4) is 0 Å². The maximum Gasteiger partial charge on any atom is 0.251 e. The summed E-state index contributed by atoms with van der Waals surface area (Å²) < 4.78 is 0. The Kier molecular flexibility index (Phi) is 5.84. The summed E-state index contributed by atoms with van der Waals surface area (Å²) in [5, 5.41) is 3.06. The minimum absolute atomic E-state index is 0.0263. The van der Waals surface area contributed by atoms with Crippen LogP contribution in [-0.2, 0) is 4.79 Å². The molecule has 134 valence electrons. The summed E-state index contributed by atoms with van der Waals surface area (Å²) in [6.45, 7) is 3.37. The van der Waals surface area contributed by atoms with E-state index in [-0.39, 0.29) is 17.9 Å². The predicted octanol–water partition coefficient (Wildman–Crippen LogP) is 3.43. The summed E-state index contributed by atoms with van der Waals surface area (Å²) in [6, 6.07) is 17.4. The Morgan fingerprint density at radius 3 is 2.31 bits per heavy atom. The standard InChI is InChI=1S/C22H24N2O2/c1-17-7-9-18(10-8-17)11-12-21(25)24-15-13-20(14-16-24)23-22(26)19-5-3-2-4-6-19/h2-12,20H,13-16H2,1H3,(H,23,26). The van der Waals surface area contributed by atoms with Gasteiger partial charge in [0.25, 0.3) is 5.91 Å². The predicted molar refractivity (Wildman–Crippen MR) is 104 cm³/mol. The first-order valence-corrected chi connectivity index (χ1v) is 9.01. The number of amides is 2.